The molecule has 0 fully saturated rings. The molecule has 0 saturated carbocycles. The second kappa shape index (κ2) is 5.06. The average molecular weight is 271 g/mol. The maximum absolute atomic E-state index is 9.89. The molecule has 4 nitrogen and oxygen atoms in total. The Hall–Kier alpha value is -2.20. The minimum atomic E-state index is 0.0564. The monoisotopic (exact) mass is 271 g/mol. The van der Waals surface area contributed by atoms with Crippen LogP contribution in [0.5, 0.6) is 17.2 Å². The molecule has 4 heteroatoms. The summed E-state index contributed by atoms with van der Waals surface area (Å²) in [5.41, 5.74) is 3.07. The Labute approximate surface area is 117 Å². The van der Waals surface area contributed by atoms with Gasteiger partial charge < -0.3 is 20.6 Å². The fraction of sp³-hybridized carbons (Fsp3) is 0.250. The highest BCUT2D eigenvalue weighted by Crippen LogP contribution is 2.32. The predicted molar refractivity (Wildman–Crippen MR) is 76.0 cm³/mol. The van der Waals surface area contributed by atoms with Gasteiger partial charge in [0.1, 0.15) is 17.2 Å². The minimum Gasteiger partial charge on any atom is -0.508 e. The number of phenols is 3. The predicted octanol–water partition coefficient (Wildman–Crippen LogP) is 2.23. The van der Waals surface area contributed by atoms with Crippen LogP contribution in [0.2, 0.25) is 0 Å². The fourth-order valence-corrected chi connectivity index (χ4v) is 2.75. The molecule has 2 aromatic carbocycles. The molecule has 0 amide bonds. The molecule has 1 atom stereocenters. The Morgan fingerprint density at radius 2 is 1.75 bits per heavy atom. The molecule has 0 aliphatic carbocycles. The summed E-state index contributed by atoms with van der Waals surface area (Å²) in [6.07, 6.45) is 1.55. The topological polar surface area (TPSA) is 72.7 Å². The quantitative estimate of drug-likeness (QED) is 0.676. The summed E-state index contributed by atoms with van der Waals surface area (Å²) in [5, 5.41) is 32.3. The summed E-state index contributed by atoms with van der Waals surface area (Å²) < 4.78 is 0. The molecule has 0 aromatic heterocycles. The van der Waals surface area contributed by atoms with Crippen LogP contribution in [0.1, 0.15) is 22.7 Å². The van der Waals surface area contributed by atoms with E-state index < -0.39 is 0 Å². The highest BCUT2D eigenvalue weighted by atomic mass is 16.3. The zero-order chi connectivity index (χ0) is 14.1. The van der Waals surface area contributed by atoms with E-state index in [-0.39, 0.29) is 23.3 Å². The molecule has 0 saturated heterocycles. The zero-order valence-corrected chi connectivity index (χ0v) is 11.0. The van der Waals surface area contributed by atoms with Crippen LogP contribution < -0.4 is 5.32 Å². The highest BCUT2D eigenvalue weighted by Gasteiger charge is 2.21. The summed E-state index contributed by atoms with van der Waals surface area (Å²) in [6, 6.07) is 10.1. The number of fused-ring (bicyclic) bond motifs is 1. The van der Waals surface area contributed by atoms with E-state index in [1.165, 1.54) is 11.6 Å². The molecular weight excluding hydrogens is 254 g/mol. The molecule has 20 heavy (non-hydrogen) atoms. The van der Waals surface area contributed by atoms with Crippen LogP contribution >= 0.6 is 0 Å². The molecule has 1 heterocycles. The summed E-state index contributed by atoms with van der Waals surface area (Å²) >= 11 is 0. The van der Waals surface area contributed by atoms with Crippen LogP contribution in [0, 0.1) is 0 Å². The van der Waals surface area contributed by atoms with E-state index in [2.05, 4.69) is 5.32 Å². The lowest BCUT2D eigenvalue weighted by Crippen LogP contribution is -2.31. The number of benzene rings is 2. The van der Waals surface area contributed by atoms with Gasteiger partial charge in [0.05, 0.1) is 0 Å². The van der Waals surface area contributed by atoms with Gasteiger partial charge in [-0.05, 0) is 54.3 Å². The first kappa shape index (κ1) is 12.8. The van der Waals surface area contributed by atoms with Gasteiger partial charge in [0.2, 0.25) is 0 Å². The van der Waals surface area contributed by atoms with Gasteiger partial charge in [-0.15, -0.1) is 0 Å². The van der Waals surface area contributed by atoms with Crippen LogP contribution in [0.4, 0.5) is 0 Å². The van der Waals surface area contributed by atoms with Crippen molar-refractivity contribution in [1.29, 1.82) is 0 Å². The first-order valence-corrected chi connectivity index (χ1v) is 6.69. The van der Waals surface area contributed by atoms with Crippen molar-refractivity contribution in [3.8, 4) is 17.2 Å². The van der Waals surface area contributed by atoms with Crippen LogP contribution in [0.15, 0.2) is 36.4 Å². The zero-order valence-electron chi connectivity index (χ0n) is 11.0. The molecule has 0 bridgehead atoms. The van der Waals surface area contributed by atoms with E-state index >= 15 is 0 Å². The summed E-state index contributed by atoms with van der Waals surface area (Å²) in [7, 11) is 0. The van der Waals surface area contributed by atoms with Crippen LogP contribution in [0.3, 0.4) is 0 Å². The Kier molecular flexibility index (Phi) is 3.24. The first-order valence-electron chi connectivity index (χ1n) is 6.69. The SMILES string of the molecule is Oc1ccc(CC2NCCc3ccc(O)cc32)c(O)c1. The van der Waals surface area contributed by atoms with E-state index in [0.29, 0.717) is 6.42 Å². The van der Waals surface area contributed by atoms with Crippen molar-refractivity contribution >= 4 is 0 Å². The van der Waals surface area contributed by atoms with Crippen molar-refractivity contribution in [2.24, 2.45) is 0 Å². The lowest BCUT2D eigenvalue weighted by atomic mass is 9.90. The molecule has 1 aliphatic rings. The number of rotatable bonds is 2. The molecule has 0 radical (unpaired) electrons. The smallest absolute Gasteiger partial charge is 0.122 e. The fourth-order valence-electron chi connectivity index (χ4n) is 2.75. The van der Waals surface area contributed by atoms with Gasteiger partial charge in [-0.2, -0.15) is 0 Å². The Balaban J connectivity index is 1.91. The molecule has 0 spiro atoms. The van der Waals surface area contributed by atoms with E-state index in [4.69, 9.17) is 0 Å². The molecule has 104 valence electrons. The van der Waals surface area contributed by atoms with E-state index in [0.717, 1.165) is 24.1 Å². The third kappa shape index (κ3) is 2.42. The Morgan fingerprint density at radius 1 is 1.00 bits per heavy atom. The second-order valence-electron chi connectivity index (χ2n) is 5.16. The standard InChI is InChI=1S/C16H17NO3/c18-12-3-1-10-5-6-17-15(14(10)8-12)7-11-2-4-13(19)9-16(11)20/h1-4,8-9,15,17-20H,5-7H2. The minimum absolute atomic E-state index is 0.0564. The number of nitrogens with one attached hydrogen (secondary N) is 1. The highest BCUT2D eigenvalue weighted by molar-refractivity contribution is 5.43. The van der Waals surface area contributed by atoms with Crippen LogP contribution in [-0.2, 0) is 12.8 Å². The third-order valence-electron chi connectivity index (χ3n) is 3.78. The second-order valence-corrected chi connectivity index (χ2v) is 5.16. The van der Waals surface area contributed by atoms with Gasteiger partial charge in [-0.3, -0.25) is 0 Å². The Morgan fingerprint density at radius 3 is 2.55 bits per heavy atom. The normalized spacial score (nSPS) is 17.7. The third-order valence-corrected chi connectivity index (χ3v) is 3.78. The van der Waals surface area contributed by atoms with Crippen molar-refractivity contribution < 1.29 is 15.3 Å². The van der Waals surface area contributed by atoms with Crippen molar-refractivity contribution in [2.75, 3.05) is 6.54 Å². The van der Waals surface area contributed by atoms with Crippen molar-refractivity contribution in [3.63, 3.8) is 0 Å². The van der Waals surface area contributed by atoms with Crippen LogP contribution in [-0.4, -0.2) is 21.9 Å². The van der Waals surface area contributed by atoms with Crippen molar-refractivity contribution in [1.82, 2.24) is 5.32 Å². The van der Waals surface area contributed by atoms with Crippen molar-refractivity contribution in [3.05, 3.63) is 53.1 Å². The van der Waals surface area contributed by atoms with Gasteiger partial charge in [0.25, 0.3) is 0 Å². The lowest BCUT2D eigenvalue weighted by molar-refractivity contribution is 0.435. The molecule has 2 aromatic rings. The van der Waals surface area contributed by atoms with Gasteiger partial charge in [0, 0.05) is 12.1 Å². The molecule has 1 aliphatic heterocycles. The molecular formula is C16H17NO3. The number of hydrogen-bond acceptors (Lipinski definition) is 4. The average Bonchev–Trinajstić information content (AvgIpc) is 2.42. The van der Waals surface area contributed by atoms with E-state index in [1.807, 2.05) is 6.07 Å². The summed E-state index contributed by atoms with van der Waals surface area (Å²) in [4.78, 5) is 0. The molecule has 1 unspecified atom stereocenters. The van der Waals surface area contributed by atoms with E-state index in [9.17, 15) is 15.3 Å². The van der Waals surface area contributed by atoms with Crippen molar-refractivity contribution in [2.45, 2.75) is 18.9 Å². The molecule has 3 rings (SSSR count). The number of aromatic hydroxyl groups is 3. The maximum Gasteiger partial charge on any atom is 0.122 e. The first-order chi connectivity index (χ1) is 9.63. The van der Waals surface area contributed by atoms with Crippen LogP contribution in [0.25, 0.3) is 0 Å². The lowest BCUT2D eigenvalue weighted by Gasteiger charge is -2.27. The van der Waals surface area contributed by atoms with Gasteiger partial charge in [-0.25, -0.2) is 0 Å². The number of hydrogen-bond donors (Lipinski definition) is 4. The number of phenolic OH excluding ortho intramolecular Hbond substituents is 3. The van der Waals surface area contributed by atoms with Gasteiger partial charge in [0.15, 0.2) is 0 Å². The summed E-state index contributed by atoms with van der Waals surface area (Å²) in [6.45, 7) is 0.876. The van der Waals surface area contributed by atoms with Gasteiger partial charge >= 0.3 is 0 Å². The Bertz CT molecular complexity index is 640. The maximum atomic E-state index is 9.89. The molecule has 4 N–H and O–H groups in total. The largest absolute Gasteiger partial charge is 0.508 e. The van der Waals surface area contributed by atoms with E-state index in [1.54, 1.807) is 24.3 Å². The summed E-state index contributed by atoms with van der Waals surface area (Å²) in [5.74, 6) is 0.410. The van der Waals surface area contributed by atoms with Gasteiger partial charge in [-0.1, -0.05) is 12.1 Å².